The number of sulfone groups is 1. The molecule has 0 saturated carbocycles. The molecule has 0 spiro atoms. The molecule has 26 heavy (non-hydrogen) atoms. The van der Waals surface area contributed by atoms with Crippen LogP contribution in [0.15, 0.2) is 35.2 Å². The van der Waals surface area contributed by atoms with Gasteiger partial charge in [-0.2, -0.15) is 0 Å². The Morgan fingerprint density at radius 3 is 2.54 bits per heavy atom. The van der Waals surface area contributed by atoms with Crippen LogP contribution in [0.5, 0.6) is 0 Å². The van der Waals surface area contributed by atoms with Crippen LogP contribution < -0.4 is 5.32 Å². The van der Waals surface area contributed by atoms with Crippen LogP contribution in [0.25, 0.3) is 0 Å². The highest BCUT2D eigenvalue weighted by Crippen LogP contribution is 2.18. The zero-order valence-corrected chi connectivity index (χ0v) is 15.9. The van der Waals surface area contributed by atoms with E-state index < -0.39 is 9.84 Å². The number of hydrogen-bond acceptors (Lipinski definition) is 5. The zero-order valence-electron chi connectivity index (χ0n) is 15.1. The average molecular weight is 381 g/mol. The minimum Gasteiger partial charge on any atom is -0.368 e. The first-order chi connectivity index (χ1) is 12.5. The molecule has 2 aliphatic rings. The number of piperidine rings is 1. The molecule has 2 fully saturated rings. The summed E-state index contributed by atoms with van der Waals surface area (Å²) in [5.41, 5.74) is 0. The quantitative estimate of drug-likeness (QED) is 0.775. The highest BCUT2D eigenvalue weighted by molar-refractivity contribution is 7.91. The minimum absolute atomic E-state index is 0.0129. The van der Waals surface area contributed by atoms with Crippen molar-refractivity contribution < 1.29 is 17.9 Å². The lowest BCUT2D eigenvalue weighted by molar-refractivity contribution is -0.130. The molecule has 0 bridgehead atoms. The Bertz CT molecular complexity index is 679. The van der Waals surface area contributed by atoms with Crippen molar-refractivity contribution in [2.24, 2.45) is 5.92 Å². The molecule has 0 radical (unpaired) electrons. The number of carbonyl (C=O) groups is 1. The maximum Gasteiger partial charge on any atom is 0.249 e. The van der Waals surface area contributed by atoms with Crippen molar-refractivity contribution in [3.05, 3.63) is 30.3 Å². The summed E-state index contributed by atoms with van der Waals surface area (Å²) in [5, 5.41) is 3.01. The Kier molecular flexibility index (Phi) is 6.67. The molecule has 0 aromatic heterocycles. The molecule has 1 aromatic rings. The second-order valence-electron chi connectivity index (χ2n) is 7.16. The van der Waals surface area contributed by atoms with Crippen LogP contribution in [-0.2, 0) is 19.4 Å². The van der Waals surface area contributed by atoms with Crippen LogP contribution in [-0.4, -0.2) is 63.9 Å². The molecule has 1 unspecified atom stereocenters. The van der Waals surface area contributed by atoms with Gasteiger partial charge in [0, 0.05) is 19.7 Å². The van der Waals surface area contributed by atoms with Crippen molar-refractivity contribution in [1.82, 2.24) is 10.2 Å². The molecular formula is C19H28N2O4S. The minimum atomic E-state index is -3.22. The summed E-state index contributed by atoms with van der Waals surface area (Å²) in [7, 11) is -3.22. The predicted octanol–water partition coefficient (Wildman–Crippen LogP) is 1.47. The maximum absolute atomic E-state index is 12.4. The van der Waals surface area contributed by atoms with E-state index in [0.29, 0.717) is 30.5 Å². The highest BCUT2D eigenvalue weighted by atomic mass is 32.2. The van der Waals surface area contributed by atoms with E-state index in [9.17, 15) is 13.2 Å². The Morgan fingerprint density at radius 2 is 1.88 bits per heavy atom. The Morgan fingerprint density at radius 1 is 1.15 bits per heavy atom. The molecule has 1 atom stereocenters. The van der Waals surface area contributed by atoms with E-state index in [2.05, 4.69) is 10.2 Å². The Balaban J connectivity index is 1.36. The van der Waals surface area contributed by atoms with Gasteiger partial charge in [-0.3, -0.25) is 4.79 Å². The van der Waals surface area contributed by atoms with Crippen molar-refractivity contribution in [3.63, 3.8) is 0 Å². The van der Waals surface area contributed by atoms with E-state index in [0.717, 1.165) is 38.8 Å². The van der Waals surface area contributed by atoms with Crippen LogP contribution in [0.2, 0.25) is 0 Å². The summed E-state index contributed by atoms with van der Waals surface area (Å²) in [4.78, 5) is 14.6. The van der Waals surface area contributed by atoms with Crippen molar-refractivity contribution in [1.29, 1.82) is 0 Å². The third-order valence-electron chi connectivity index (χ3n) is 5.27. The zero-order chi connectivity index (χ0) is 18.4. The van der Waals surface area contributed by atoms with Crippen LogP contribution in [0.4, 0.5) is 0 Å². The van der Waals surface area contributed by atoms with E-state index in [-0.39, 0.29) is 17.8 Å². The first-order valence-corrected chi connectivity index (χ1v) is 11.1. The second-order valence-corrected chi connectivity index (χ2v) is 9.27. The van der Waals surface area contributed by atoms with Gasteiger partial charge in [-0.25, -0.2) is 8.42 Å². The molecule has 3 rings (SSSR count). The van der Waals surface area contributed by atoms with E-state index in [1.807, 2.05) is 6.07 Å². The van der Waals surface area contributed by atoms with Crippen molar-refractivity contribution >= 4 is 15.7 Å². The number of rotatable bonds is 7. The van der Waals surface area contributed by atoms with Gasteiger partial charge in [0.2, 0.25) is 5.91 Å². The largest absolute Gasteiger partial charge is 0.368 e. The van der Waals surface area contributed by atoms with Gasteiger partial charge in [0.1, 0.15) is 6.10 Å². The topological polar surface area (TPSA) is 75.7 Å². The van der Waals surface area contributed by atoms with Crippen molar-refractivity contribution in [2.45, 2.75) is 36.7 Å². The van der Waals surface area contributed by atoms with Gasteiger partial charge in [0.05, 0.1) is 10.6 Å². The fraction of sp³-hybridized carbons (Fsp3) is 0.632. The summed E-state index contributed by atoms with van der Waals surface area (Å²) in [5.74, 6) is 0.624. The van der Waals surface area contributed by atoms with E-state index in [1.54, 1.807) is 24.3 Å². The Labute approximate surface area is 155 Å². The van der Waals surface area contributed by atoms with Gasteiger partial charge < -0.3 is 15.0 Å². The molecule has 7 heteroatoms. The van der Waals surface area contributed by atoms with Crippen molar-refractivity contribution in [3.8, 4) is 0 Å². The summed E-state index contributed by atoms with van der Waals surface area (Å²) >= 11 is 0. The second kappa shape index (κ2) is 8.97. The SMILES string of the molecule is O=C(NCC1CCN(CCS(=O)(=O)c2ccccc2)CC1)C1CCCO1. The van der Waals surface area contributed by atoms with Gasteiger partial charge in [0.25, 0.3) is 0 Å². The smallest absolute Gasteiger partial charge is 0.249 e. The fourth-order valence-electron chi connectivity index (χ4n) is 3.55. The number of hydrogen-bond donors (Lipinski definition) is 1. The van der Waals surface area contributed by atoms with Crippen LogP contribution in [0, 0.1) is 5.92 Å². The van der Waals surface area contributed by atoms with Gasteiger partial charge >= 0.3 is 0 Å². The van der Waals surface area contributed by atoms with E-state index in [1.165, 1.54) is 0 Å². The fourth-order valence-corrected chi connectivity index (χ4v) is 4.86. The average Bonchev–Trinajstić information content (AvgIpc) is 3.21. The summed E-state index contributed by atoms with van der Waals surface area (Å²) < 4.78 is 30.1. The summed E-state index contributed by atoms with van der Waals surface area (Å²) in [6.45, 7) is 3.69. The monoisotopic (exact) mass is 380 g/mol. The first-order valence-electron chi connectivity index (χ1n) is 9.44. The number of nitrogens with one attached hydrogen (secondary N) is 1. The van der Waals surface area contributed by atoms with Gasteiger partial charge in [0.15, 0.2) is 9.84 Å². The molecule has 2 aliphatic heterocycles. The molecule has 1 N–H and O–H groups in total. The third kappa shape index (κ3) is 5.28. The van der Waals surface area contributed by atoms with Gasteiger partial charge in [-0.15, -0.1) is 0 Å². The van der Waals surface area contributed by atoms with E-state index in [4.69, 9.17) is 4.74 Å². The highest BCUT2D eigenvalue weighted by Gasteiger charge is 2.26. The van der Waals surface area contributed by atoms with Crippen LogP contribution >= 0.6 is 0 Å². The molecular weight excluding hydrogens is 352 g/mol. The number of amides is 1. The lowest BCUT2D eigenvalue weighted by Crippen LogP contribution is -2.42. The van der Waals surface area contributed by atoms with E-state index >= 15 is 0 Å². The van der Waals surface area contributed by atoms with Crippen LogP contribution in [0.1, 0.15) is 25.7 Å². The number of benzene rings is 1. The molecule has 144 valence electrons. The molecule has 1 amide bonds. The number of ether oxygens (including phenoxy) is 1. The van der Waals surface area contributed by atoms with Crippen LogP contribution in [0.3, 0.4) is 0 Å². The van der Waals surface area contributed by atoms with Crippen molar-refractivity contribution in [2.75, 3.05) is 38.5 Å². The van der Waals surface area contributed by atoms with Gasteiger partial charge in [-0.05, 0) is 56.8 Å². The number of nitrogens with zero attached hydrogens (tertiary/aromatic N) is 1. The number of carbonyl (C=O) groups excluding carboxylic acids is 1. The Hall–Kier alpha value is -1.44. The molecule has 6 nitrogen and oxygen atoms in total. The maximum atomic E-state index is 12.4. The molecule has 1 aromatic carbocycles. The normalized spacial score (nSPS) is 22.4. The molecule has 0 aliphatic carbocycles. The first kappa shape index (κ1) is 19.3. The molecule has 2 heterocycles. The number of likely N-dealkylation sites (tertiary alicyclic amines) is 1. The van der Waals surface area contributed by atoms with Gasteiger partial charge in [-0.1, -0.05) is 18.2 Å². The molecule has 2 saturated heterocycles. The standard InChI is InChI=1S/C19H28N2O4S/c22-19(18-7-4-13-25-18)20-15-16-8-10-21(11-9-16)12-14-26(23,24)17-5-2-1-3-6-17/h1-3,5-6,16,18H,4,7-15H2,(H,20,22). The predicted molar refractivity (Wildman–Crippen MR) is 99.6 cm³/mol. The summed E-state index contributed by atoms with van der Waals surface area (Å²) in [6.07, 6.45) is 3.48. The third-order valence-corrected chi connectivity index (χ3v) is 6.98. The summed E-state index contributed by atoms with van der Waals surface area (Å²) in [6, 6.07) is 8.63. The lowest BCUT2D eigenvalue weighted by atomic mass is 9.97. The lowest BCUT2D eigenvalue weighted by Gasteiger charge is -2.32.